The molecule has 22 heavy (non-hydrogen) atoms. The molecule has 0 rings (SSSR count). The van der Waals surface area contributed by atoms with Gasteiger partial charge in [0.1, 0.15) is 0 Å². The van der Waals surface area contributed by atoms with Gasteiger partial charge in [0, 0.05) is 0 Å². The van der Waals surface area contributed by atoms with Gasteiger partial charge in [-0.2, -0.15) is 0 Å². The molecule has 0 aromatic rings. The predicted octanol–water partition coefficient (Wildman–Crippen LogP) is 6.85. The van der Waals surface area contributed by atoms with E-state index in [0.717, 1.165) is 24.6 Å². The molecule has 3 nitrogen and oxygen atoms in total. The van der Waals surface area contributed by atoms with Crippen LogP contribution in [0.15, 0.2) is 23.5 Å². The Bertz CT molecular complexity index is 351. The molecule has 0 aliphatic heterocycles. The molecule has 0 bridgehead atoms. The van der Waals surface area contributed by atoms with Crippen LogP contribution in [-0.2, 0) is 13.6 Å². The SMILES string of the molecule is CCCCC/C=C/C(=C\CCCCC)P(=O)(OCC)OCC. The van der Waals surface area contributed by atoms with E-state index in [1.807, 2.05) is 26.0 Å². The molecular weight excluding hydrogens is 295 g/mol. The molecule has 130 valence electrons. The molecule has 0 heterocycles. The van der Waals surface area contributed by atoms with Crippen molar-refractivity contribution in [3.63, 3.8) is 0 Å². The normalized spacial score (nSPS) is 13.2. The van der Waals surface area contributed by atoms with Gasteiger partial charge in [-0.3, -0.25) is 4.57 Å². The molecule has 0 unspecified atom stereocenters. The quantitative estimate of drug-likeness (QED) is 0.198. The molecule has 0 atom stereocenters. The minimum Gasteiger partial charge on any atom is -0.306 e. The summed E-state index contributed by atoms with van der Waals surface area (Å²) in [6.07, 6.45) is 15.1. The van der Waals surface area contributed by atoms with E-state index in [4.69, 9.17) is 9.05 Å². The Morgan fingerprint density at radius 1 is 0.864 bits per heavy atom. The zero-order chi connectivity index (χ0) is 16.7. The van der Waals surface area contributed by atoms with E-state index < -0.39 is 7.60 Å². The zero-order valence-electron chi connectivity index (χ0n) is 15.0. The fourth-order valence-corrected chi connectivity index (χ4v) is 3.85. The molecule has 0 aliphatic carbocycles. The Balaban J connectivity index is 4.91. The first-order chi connectivity index (χ1) is 10.6. The highest BCUT2D eigenvalue weighted by molar-refractivity contribution is 7.58. The van der Waals surface area contributed by atoms with Crippen LogP contribution < -0.4 is 0 Å². The van der Waals surface area contributed by atoms with Crippen LogP contribution in [-0.4, -0.2) is 13.2 Å². The second kappa shape index (κ2) is 14.2. The molecule has 0 N–H and O–H groups in total. The minimum atomic E-state index is -3.16. The summed E-state index contributed by atoms with van der Waals surface area (Å²) in [5.74, 6) is 0. The second-order valence-electron chi connectivity index (χ2n) is 5.36. The van der Waals surface area contributed by atoms with Crippen molar-refractivity contribution in [1.29, 1.82) is 0 Å². The largest absolute Gasteiger partial charge is 0.360 e. The topological polar surface area (TPSA) is 35.5 Å². The average molecular weight is 330 g/mol. The van der Waals surface area contributed by atoms with Gasteiger partial charge in [0.25, 0.3) is 0 Å². The predicted molar refractivity (Wildman–Crippen MR) is 96.4 cm³/mol. The van der Waals surface area contributed by atoms with E-state index in [-0.39, 0.29) is 0 Å². The van der Waals surface area contributed by atoms with E-state index in [1.54, 1.807) is 0 Å². The minimum absolute atomic E-state index is 0.396. The fraction of sp³-hybridized carbons (Fsp3) is 0.778. The van der Waals surface area contributed by atoms with Gasteiger partial charge in [-0.1, -0.05) is 57.8 Å². The lowest BCUT2D eigenvalue weighted by Gasteiger charge is -2.18. The molecule has 0 aromatic carbocycles. The first kappa shape index (κ1) is 21.6. The molecule has 0 radical (unpaired) electrons. The van der Waals surface area contributed by atoms with Crippen molar-refractivity contribution in [2.75, 3.05) is 13.2 Å². The van der Waals surface area contributed by atoms with Gasteiger partial charge in [0.15, 0.2) is 0 Å². The van der Waals surface area contributed by atoms with E-state index >= 15 is 0 Å². The van der Waals surface area contributed by atoms with Gasteiger partial charge in [-0.15, -0.1) is 0 Å². The number of hydrogen-bond donors (Lipinski definition) is 0. The Labute approximate surface area is 137 Å². The summed E-state index contributed by atoms with van der Waals surface area (Å²) in [5.41, 5.74) is 0. The van der Waals surface area contributed by atoms with Gasteiger partial charge in [-0.25, -0.2) is 0 Å². The van der Waals surface area contributed by atoms with E-state index in [2.05, 4.69) is 19.9 Å². The van der Waals surface area contributed by atoms with Crippen LogP contribution >= 0.6 is 7.60 Å². The molecular formula is C18H35O3P. The van der Waals surface area contributed by atoms with Crippen LogP contribution in [0, 0.1) is 0 Å². The van der Waals surface area contributed by atoms with Crippen molar-refractivity contribution >= 4 is 7.60 Å². The van der Waals surface area contributed by atoms with Crippen molar-refractivity contribution in [2.24, 2.45) is 0 Å². The van der Waals surface area contributed by atoms with Crippen LogP contribution in [0.2, 0.25) is 0 Å². The Morgan fingerprint density at radius 3 is 1.91 bits per heavy atom. The van der Waals surface area contributed by atoms with E-state index in [1.165, 1.54) is 32.1 Å². The van der Waals surface area contributed by atoms with Crippen LogP contribution in [0.4, 0.5) is 0 Å². The maximum absolute atomic E-state index is 12.9. The Hall–Kier alpha value is -0.370. The van der Waals surface area contributed by atoms with Gasteiger partial charge in [-0.05, 0) is 39.5 Å². The number of allylic oxidation sites excluding steroid dienone is 4. The highest BCUT2D eigenvalue weighted by Gasteiger charge is 2.27. The molecule has 0 saturated heterocycles. The summed E-state index contributed by atoms with van der Waals surface area (Å²) in [7, 11) is -3.16. The van der Waals surface area contributed by atoms with Gasteiger partial charge >= 0.3 is 7.60 Å². The molecule has 0 aliphatic rings. The van der Waals surface area contributed by atoms with Crippen LogP contribution in [0.3, 0.4) is 0 Å². The van der Waals surface area contributed by atoms with Gasteiger partial charge in [0.05, 0.1) is 18.5 Å². The van der Waals surface area contributed by atoms with E-state index in [9.17, 15) is 4.57 Å². The van der Waals surface area contributed by atoms with Gasteiger partial charge < -0.3 is 9.05 Å². The fourth-order valence-electron chi connectivity index (χ4n) is 2.16. The Kier molecular flexibility index (Phi) is 14.0. The summed E-state index contributed by atoms with van der Waals surface area (Å²) in [5, 5.41) is 0.726. The lowest BCUT2D eigenvalue weighted by molar-refractivity contribution is 0.227. The highest BCUT2D eigenvalue weighted by Crippen LogP contribution is 2.56. The van der Waals surface area contributed by atoms with Crippen molar-refractivity contribution in [2.45, 2.75) is 79.1 Å². The standard InChI is InChI=1S/C18H35O3P/c1-5-9-11-13-15-17-18(16-14-12-10-6-2)22(19,20-7-3)21-8-4/h15-17H,5-14H2,1-4H3/b17-15+,18-16+. The monoisotopic (exact) mass is 330 g/mol. The van der Waals surface area contributed by atoms with Crippen LogP contribution in [0.1, 0.15) is 79.1 Å². The lowest BCUT2D eigenvalue weighted by atomic mass is 10.2. The van der Waals surface area contributed by atoms with E-state index in [0.29, 0.717) is 13.2 Å². The highest BCUT2D eigenvalue weighted by atomic mass is 31.2. The van der Waals surface area contributed by atoms with Crippen molar-refractivity contribution in [1.82, 2.24) is 0 Å². The van der Waals surface area contributed by atoms with Crippen LogP contribution in [0.25, 0.3) is 0 Å². The van der Waals surface area contributed by atoms with Gasteiger partial charge in [0.2, 0.25) is 0 Å². The maximum atomic E-state index is 12.9. The number of rotatable bonds is 14. The summed E-state index contributed by atoms with van der Waals surface area (Å²) in [6.45, 7) is 8.88. The van der Waals surface area contributed by atoms with Crippen molar-refractivity contribution < 1.29 is 13.6 Å². The zero-order valence-corrected chi connectivity index (χ0v) is 15.9. The lowest BCUT2D eigenvalue weighted by Crippen LogP contribution is -1.98. The summed E-state index contributed by atoms with van der Waals surface area (Å²) in [4.78, 5) is 0. The number of hydrogen-bond acceptors (Lipinski definition) is 3. The molecule has 0 saturated carbocycles. The molecule has 0 amide bonds. The smallest absolute Gasteiger partial charge is 0.306 e. The third-order valence-electron chi connectivity index (χ3n) is 3.34. The average Bonchev–Trinajstić information content (AvgIpc) is 2.49. The third-order valence-corrected chi connectivity index (χ3v) is 5.50. The third kappa shape index (κ3) is 9.61. The number of unbranched alkanes of at least 4 members (excludes halogenated alkanes) is 6. The van der Waals surface area contributed by atoms with Crippen molar-refractivity contribution in [3.8, 4) is 0 Å². The second-order valence-corrected chi connectivity index (χ2v) is 7.38. The molecule has 0 spiro atoms. The first-order valence-corrected chi connectivity index (χ1v) is 10.4. The summed E-state index contributed by atoms with van der Waals surface area (Å²) < 4.78 is 23.9. The van der Waals surface area contributed by atoms with Crippen molar-refractivity contribution in [3.05, 3.63) is 23.5 Å². The molecule has 0 fully saturated rings. The summed E-state index contributed by atoms with van der Waals surface area (Å²) in [6, 6.07) is 0. The first-order valence-electron chi connectivity index (χ1n) is 8.90. The maximum Gasteiger partial charge on any atom is 0.360 e. The summed E-state index contributed by atoms with van der Waals surface area (Å²) >= 11 is 0. The van der Waals surface area contributed by atoms with Crippen LogP contribution in [0.5, 0.6) is 0 Å². The molecule has 0 aromatic heterocycles. The Morgan fingerprint density at radius 2 is 1.41 bits per heavy atom. The molecule has 4 heteroatoms.